The lowest BCUT2D eigenvalue weighted by atomic mass is 10.2. The second-order valence-corrected chi connectivity index (χ2v) is 5.26. The highest BCUT2D eigenvalue weighted by Gasteiger charge is 2.21. The summed E-state index contributed by atoms with van der Waals surface area (Å²) in [4.78, 5) is 21.3. The van der Waals surface area contributed by atoms with E-state index in [2.05, 4.69) is 27.4 Å². The number of carbonyl (C=O) groups is 1. The number of nitrogens with zero attached hydrogens (tertiary/aromatic N) is 3. The molecule has 6 heteroatoms. The Kier molecular flexibility index (Phi) is 4.75. The van der Waals surface area contributed by atoms with Crippen molar-refractivity contribution in [2.45, 2.75) is 33.3 Å². The number of rotatable bonds is 2. The average molecular weight is 279 g/mol. The fourth-order valence-corrected chi connectivity index (χ4v) is 1.42. The molecule has 5 nitrogen and oxygen atoms in total. The number of hydrogen-bond donors (Lipinski definition) is 0. The molecule has 0 fully saturated rings. The number of amides is 1. The molecule has 0 bridgehead atoms. The number of carbonyl (C=O) groups excluding carboxylic acids is 1. The molecule has 1 rings (SSSR count). The Morgan fingerprint density at radius 1 is 1.53 bits per heavy atom. The number of anilines is 1. The van der Waals surface area contributed by atoms with Gasteiger partial charge in [0.15, 0.2) is 5.82 Å². The van der Waals surface area contributed by atoms with Gasteiger partial charge in [-0.1, -0.05) is 0 Å². The summed E-state index contributed by atoms with van der Waals surface area (Å²) in [6.07, 6.45) is 1.11. The predicted molar refractivity (Wildman–Crippen MR) is 78.3 cm³/mol. The Bertz CT molecular complexity index is 531. The largest absolute Gasteiger partial charge is 0.443 e. The summed E-state index contributed by atoms with van der Waals surface area (Å²) in [6, 6.07) is 1.79. The second-order valence-electron chi connectivity index (χ2n) is 5.08. The molecule has 0 radical (unpaired) electrons. The summed E-state index contributed by atoms with van der Waals surface area (Å²) in [6.45, 7) is 7.29. The van der Waals surface area contributed by atoms with Crippen molar-refractivity contribution in [2.75, 3.05) is 11.9 Å². The topological polar surface area (TPSA) is 54.8 Å². The maximum atomic E-state index is 11.9. The van der Waals surface area contributed by atoms with E-state index in [1.54, 1.807) is 19.3 Å². The van der Waals surface area contributed by atoms with Crippen LogP contribution in [-0.4, -0.2) is 28.9 Å². The lowest BCUT2D eigenvalue weighted by molar-refractivity contribution is 0.0589. The normalized spacial score (nSPS) is 10.6. The van der Waals surface area contributed by atoms with Crippen LogP contribution in [-0.2, 0) is 4.74 Å². The van der Waals surface area contributed by atoms with Gasteiger partial charge in [-0.25, -0.2) is 9.78 Å². The van der Waals surface area contributed by atoms with E-state index in [9.17, 15) is 4.79 Å². The number of aromatic nitrogens is 1. The zero-order chi connectivity index (χ0) is 14.6. The number of aliphatic imine (C=N–C) groups is 1. The van der Waals surface area contributed by atoms with Gasteiger partial charge in [0.2, 0.25) is 0 Å². The first-order chi connectivity index (χ1) is 8.74. The van der Waals surface area contributed by atoms with Crippen molar-refractivity contribution in [2.24, 2.45) is 4.99 Å². The van der Waals surface area contributed by atoms with Crippen LogP contribution in [0.2, 0.25) is 0 Å². The van der Waals surface area contributed by atoms with E-state index in [4.69, 9.17) is 4.74 Å². The van der Waals surface area contributed by atoms with E-state index in [1.165, 1.54) is 4.90 Å². The molecular weight excluding hydrogens is 262 g/mol. The lowest BCUT2D eigenvalue weighted by Gasteiger charge is -2.24. The molecule has 0 unspecified atom stereocenters. The molecule has 1 aromatic rings. The van der Waals surface area contributed by atoms with Gasteiger partial charge in [-0.15, -0.1) is 0 Å². The van der Waals surface area contributed by atoms with Crippen LogP contribution in [0.3, 0.4) is 0 Å². The molecule has 0 N–H and O–H groups in total. The van der Waals surface area contributed by atoms with Crippen LogP contribution >= 0.6 is 12.2 Å². The van der Waals surface area contributed by atoms with Crippen LogP contribution in [0.4, 0.5) is 16.3 Å². The molecule has 0 spiro atoms. The Morgan fingerprint density at radius 2 is 2.16 bits per heavy atom. The van der Waals surface area contributed by atoms with Gasteiger partial charge in [-0.3, -0.25) is 4.90 Å². The van der Waals surface area contributed by atoms with Gasteiger partial charge in [0.25, 0.3) is 0 Å². The summed E-state index contributed by atoms with van der Waals surface area (Å²) in [5, 5.41) is 2.27. The molecule has 1 heterocycles. The number of thiocarbonyl (C=S) groups is 1. The van der Waals surface area contributed by atoms with Crippen molar-refractivity contribution >= 4 is 35.0 Å². The first kappa shape index (κ1) is 15.3. The van der Waals surface area contributed by atoms with Gasteiger partial charge in [0, 0.05) is 7.05 Å². The Hall–Kier alpha value is -1.78. The Balaban J connectivity index is 2.94. The van der Waals surface area contributed by atoms with Crippen molar-refractivity contribution in [3.8, 4) is 0 Å². The molecular formula is C13H17N3O2S. The predicted octanol–water partition coefficient (Wildman–Crippen LogP) is 3.50. The smallest absolute Gasteiger partial charge is 0.414 e. The van der Waals surface area contributed by atoms with Crippen molar-refractivity contribution in [1.82, 2.24) is 4.98 Å². The van der Waals surface area contributed by atoms with Crippen LogP contribution < -0.4 is 4.90 Å². The number of isothiocyanates is 1. The molecule has 1 aromatic heterocycles. The molecule has 102 valence electrons. The molecule has 0 aromatic carbocycles. The fourth-order valence-electron chi connectivity index (χ4n) is 1.33. The highest BCUT2D eigenvalue weighted by Crippen LogP contribution is 2.22. The third kappa shape index (κ3) is 4.43. The van der Waals surface area contributed by atoms with Crippen molar-refractivity contribution in [3.63, 3.8) is 0 Å². The van der Waals surface area contributed by atoms with Crippen molar-refractivity contribution in [1.29, 1.82) is 0 Å². The van der Waals surface area contributed by atoms with Gasteiger partial charge in [-0.2, -0.15) is 4.99 Å². The number of pyridine rings is 1. The quantitative estimate of drug-likeness (QED) is 0.614. The summed E-state index contributed by atoms with van der Waals surface area (Å²) in [5.41, 5.74) is 0.912. The minimum atomic E-state index is -0.532. The van der Waals surface area contributed by atoms with Crippen LogP contribution in [0.1, 0.15) is 26.3 Å². The number of ether oxygens (including phenoxy) is 1. The van der Waals surface area contributed by atoms with Crippen LogP contribution in [0.15, 0.2) is 17.3 Å². The first-order valence-electron chi connectivity index (χ1n) is 5.76. The number of aryl methyl sites for hydroxylation is 1. The first-order valence-corrected chi connectivity index (χ1v) is 6.16. The number of hydrogen-bond acceptors (Lipinski definition) is 5. The van der Waals surface area contributed by atoms with E-state index in [1.807, 2.05) is 27.7 Å². The molecule has 0 saturated heterocycles. The SMILES string of the molecule is Cc1cc(N(C)C(=O)OC(C)(C)C)cnc1N=C=S. The Labute approximate surface area is 118 Å². The maximum Gasteiger partial charge on any atom is 0.414 e. The van der Waals surface area contributed by atoms with Crippen LogP contribution in [0, 0.1) is 6.92 Å². The minimum absolute atomic E-state index is 0.431. The molecule has 0 atom stereocenters. The van der Waals surface area contributed by atoms with Gasteiger partial charge in [0.1, 0.15) is 5.60 Å². The standard InChI is InChI=1S/C13H17N3O2S/c1-9-6-10(7-14-11(9)15-8-19)16(5)12(17)18-13(2,3)4/h6-7H,1-5H3. The molecule has 0 aliphatic rings. The zero-order valence-electron chi connectivity index (χ0n) is 11.7. The molecule has 0 aliphatic carbocycles. The summed E-state index contributed by atoms with van der Waals surface area (Å²) < 4.78 is 5.28. The van der Waals surface area contributed by atoms with Crippen LogP contribution in [0.5, 0.6) is 0 Å². The highest BCUT2D eigenvalue weighted by molar-refractivity contribution is 7.78. The van der Waals surface area contributed by atoms with E-state index < -0.39 is 11.7 Å². The summed E-state index contributed by atoms with van der Waals surface area (Å²) in [7, 11) is 1.63. The minimum Gasteiger partial charge on any atom is -0.443 e. The monoisotopic (exact) mass is 279 g/mol. The Morgan fingerprint density at radius 3 is 2.63 bits per heavy atom. The zero-order valence-corrected chi connectivity index (χ0v) is 12.5. The molecule has 1 amide bonds. The van der Waals surface area contributed by atoms with E-state index in [-0.39, 0.29) is 0 Å². The van der Waals surface area contributed by atoms with Crippen LogP contribution in [0.25, 0.3) is 0 Å². The fraction of sp³-hybridized carbons (Fsp3) is 0.462. The van der Waals surface area contributed by atoms with E-state index >= 15 is 0 Å². The van der Waals surface area contributed by atoms with Crippen molar-refractivity contribution < 1.29 is 9.53 Å². The van der Waals surface area contributed by atoms with Crippen molar-refractivity contribution in [3.05, 3.63) is 17.8 Å². The second kappa shape index (κ2) is 5.91. The molecule has 0 aliphatic heterocycles. The third-order valence-corrected chi connectivity index (χ3v) is 2.33. The van der Waals surface area contributed by atoms with E-state index in [0.717, 1.165) is 5.56 Å². The molecule has 19 heavy (non-hydrogen) atoms. The summed E-state index contributed by atoms with van der Waals surface area (Å²) in [5.74, 6) is 0.497. The third-order valence-electron chi connectivity index (χ3n) is 2.24. The van der Waals surface area contributed by atoms with Gasteiger partial charge in [-0.05, 0) is 51.5 Å². The maximum absolute atomic E-state index is 11.9. The highest BCUT2D eigenvalue weighted by atomic mass is 32.1. The van der Waals surface area contributed by atoms with E-state index in [0.29, 0.717) is 11.5 Å². The lowest BCUT2D eigenvalue weighted by Crippen LogP contribution is -2.34. The average Bonchev–Trinajstić information content (AvgIpc) is 2.29. The van der Waals surface area contributed by atoms with Gasteiger partial charge < -0.3 is 4.74 Å². The molecule has 0 saturated carbocycles. The summed E-state index contributed by atoms with van der Waals surface area (Å²) >= 11 is 4.54. The van der Waals surface area contributed by atoms with Gasteiger partial charge >= 0.3 is 6.09 Å². The van der Waals surface area contributed by atoms with Gasteiger partial charge in [0.05, 0.1) is 17.0 Å².